The molecule has 0 heterocycles. The van der Waals surface area contributed by atoms with E-state index in [9.17, 15) is 0 Å². The Balaban J connectivity index is 0.000000234. The van der Waals surface area contributed by atoms with Crippen LogP contribution in [0.5, 0.6) is 0 Å². The van der Waals surface area contributed by atoms with Gasteiger partial charge in [0.15, 0.2) is 0 Å². The molecule has 0 amide bonds. The Hall–Kier alpha value is -2.98. The van der Waals surface area contributed by atoms with E-state index in [1.807, 2.05) is 6.07 Å². The molecule has 0 aliphatic rings. The van der Waals surface area contributed by atoms with Crippen LogP contribution < -0.4 is 24.6 Å². The second-order valence-electron chi connectivity index (χ2n) is 10.9. The van der Waals surface area contributed by atoms with Crippen molar-refractivity contribution < 1.29 is 49.3 Å². The van der Waals surface area contributed by atoms with Crippen LogP contribution in [0, 0.1) is 16.3 Å². The van der Waals surface area contributed by atoms with Gasteiger partial charge in [0.05, 0.1) is 39.1 Å². The average molecular weight is 747 g/mol. The Kier molecular flexibility index (Phi) is 14.5. The van der Waals surface area contributed by atoms with Gasteiger partial charge in [0.2, 0.25) is 0 Å². The summed E-state index contributed by atoms with van der Waals surface area (Å²) in [4.78, 5) is 2.21. The van der Waals surface area contributed by atoms with Crippen molar-refractivity contribution in [3.63, 3.8) is 0 Å². The molecule has 0 aromatic heterocycles. The van der Waals surface area contributed by atoms with Gasteiger partial charge < -0.3 is 4.90 Å². The van der Waals surface area contributed by atoms with Gasteiger partial charge in [-0.2, -0.15) is 32.2 Å². The largest absolute Gasteiger partial charge is 2.00 e. The summed E-state index contributed by atoms with van der Waals surface area (Å²) in [6, 6.07) is 53.9. The van der Waals surface area contributed by atoms with Crippen molar-refractivity contribution in [2.45, 2.75) is 25.5 Å². The summed E-state index contributed by atoms with van der Waals surface area (Å²) >= 11 is 0. The number of fused-ring (bicyclic) bond motifs is 2. The molecule has 240 valence electrons. The van der Waals surface area contributed by atoms with E-state index in [-0.39, 0.29) is 20.4 Å². The van der Waals surface area contributed by atoms with Gasteiger partial charge in [-0.05, 0) is 63.0 Å². The molecule has 5 nitrogen and oxygen atoms in total. The van der Waals surface area contributed by atoms with Crippen LogP contribution in [0.15, 0.2) is 140 Å². The van der Waals surface area contributed by atoms with Crippen molar-refractivity contribution in [1.82, 2.24) is 4.90 Å². The molecule has 0 fully saturated rings. The van der Waals surface area contributed by atoms with Gasteiger partial charge in [0.1, 0.15) is 0 Å². The van der Waals surface area contributed by atoms with Crippen LogP contribution in [0.25, 0.3) is 21.5 Å². The molecule has 6 aromatic carbocycles. The SMILES string of the molecule is CC(c1[c-]ccc2ccccc12)N(C)C.CC(c1cccc2ccccc12)[PH+](c1ccccc1)c1ccccc1.[O-][Cl+3]([O-])([O-])O.[Pd+2]. The summed E-state index contributed by atoms with van der Waals surface area (Å²) in [5.74, 6) is 0. The van der Waals surface area contributed by atoms with Crippen LogP contribution in [-0.4, -0.2) is 23.7 Å². The first-order valence-electron chi connectivity index (χ1n) is 14.7. The quantitative estimate of drug-likeness (QED) is 0.149. The second-order valence-corrected chi connectivity index (χ2v) is 14.6. The molecule has 8 heteroatoms. The first-order chi connectivity index (χ1) is 21.5. The van der Waals surface area contributed by atoms with E-state index in [2.05, 4.69) is 172 Å². The van der Waals surface area contributed by atoms with Crippen molar-refractivity contribution >= 4 is 40.1 Å². The van der Waals surface area contributed by atoms with E-state index in [4.69, 9.17) is 18.6 Å². The zero-order chi connectivity index (χ0) is 32.4. The molecule has 0 radical (unpaired) electrons. The second kappa shape index (κ2) is 17.8. The van der Waals surface area contributed by atoms with Gasteiger partial charge in [-0.3, -0.25) is 0 Å². The Morgan fingerprint density at radius 3 is 1.59 bits per heavy atom. The number of hydrogen-bond acceptors (Lipinski definition) is 5. The molecular weight excluding hydrogens is 707 g/mol. The molecule has 0 saturated heterocycles. The standard InChI is InChI=1S/C24H21P.C14H16N.ClHO4.Pd/c1-19(23-18-10-12-20-11-8-9-17-24(20)23)25(21-13-4-2-5-14-21)22-15-6-3-7-16-22;1-11(15(2)3)13-10-6-8-12-7-4-5-9-14(12)13;2-1(3,4)5;/h2-19H,1H3;4-9,11H,1-3H3;(H,2,3,4,5);/q;-1;;+2/p+1. The van der Waals surface area contributed by atoms with E-state index in [1.54, 1.807) is 0 Å². The Morgan fingerprint density at radius 1 is 0.630 bits per heavy atom. The van der Waals surface area contributed by atoms with E-state index in [1.165, 1.54) is 43.3 Å². The van der Waals surface area contributed by atoms with Gasteiger partial charge in [0, 0.05) is 11.6 Å². The summed E-state index contributed by atoms with van der Waals surface area (Å²) < 4.78 is 32.7. The fourth-order valence-corrected chi connectivity index (χ4v) is 8.48. The minimum atomic E-state index is -4.69. The van der Waals surface area contributed by atoms with Gasteiger partial charge in [-0.1, -0.05) is 97.1 Å². The predicted molar refractivity (Wildman–Crippen MR) is 180 cm³/mol. The topological polar surface area (TPSA) is 92.7 Å². The van der Waals surface area contributed by atoms with Crippen molar-refractivity contribution in [3.8, 4) is 0 Å². The van der Waals surface area contributed by atoms with Gasteiger partial charge >= 0.3 is 20.4 Å². The summed E-state index contributed by atoms with van der Waals surface area (Å²) in [5.41, 5.74) is 3.22. The molecule has 6 rings (SSSR count). The molecule has 0 aliphatic heterocycles. The number of rotatable bonds is 6. The van der Waals surface area contributed by atoms with Crippen molar-refractivity contribution in [1.29, 1.82) is 0 Å². The third-order valence-electron chi connectivity index (χ3n) is 7.84. The van der Waals surface area contributed by atoms with E-state index in [0.717, 1.165) is 0 Å². The normalized spacial score (nSPS) is 12.4. The molecule has 46 heavy (non-hydrogen) atoms. The van der Waals surface area contributed by atoms with Crippen LogP contribution in [0.4, 0.5) is 0 Å². The zero-order valence-corrected chi connectivity index (χ0v) is 29.6. The molecular formula is C38H39ClNO4PPd+2. The number of halogens is 1. The van der Waals surface area contributed by atoms with Crippen LogP contribution in [0.3, 0.4) is 0 Å². The Labute approximate surface area is 289 Å². The van der Waals surface area contributed by atoms with Crippen LogP contribution >= 0.6 is 7.92 Å². The van der Waals surface area contributed by atoms with Crippen LogP contribution in [0.1, 0.15) is 36.7 Å². The van der Waals surface area contributed by atoms with E-state index >= 15 is 0 Å². The van der Waals surface area contributed by atoms with Gasteiger partial charge in [0.25, 0.3) is 0 Å². The maximum atomic E-state index is 8.60. The minimum absolute atomic E-state index is 0. The van der Waals surface area contributed by atoms with Crippen molar-refractivity contribution in [3.05, 3.63) is 157 Å². The molecule has 6 aromatic rings. The summed E-state index contributed by atoms with van der Waals surface area (Å²) in [6.07, 6.45) is 0. The number of nitrogens with zero attached hydrogens (tertiary/aromatic N) is 1. The van der Waals surface area contributed by atoms with E-state index in [0.29, 0.717) is 11.7 Å². The van der Waals surface area contributed by atoms with Crippen LogP contribution in [-0.2, 0) is 20.4 Å². The third-order valence-corrected chi connectivity index (χ3v) is 10.9. The first kappa shape index (κ1) is 37.5. The maximum Gasteiger partial charge on any atom is 2.00 e. The zero-order valence-electron chi connectivity index (χ0n) is 26.2. The molecule has 0 aliphatic carbocycles. The van der Waals surface area contributed by atoms with Crippen molar-refractivity contribution in [2.75, 3.05) is 14.1 Å². The monoisotopic (exact) mass is 745 g/mol. The Morgan fingerprint density at radius 2 is 1.07 bits per heavy atom. The number of benzene rings is 6. The molecule has 0 spiro atoms. The molecule has 0 saturated carbocycles. The fraction of sp³-hybridized carbons (Fsp3) is 0.158. The fourth-order valence-electron chi connectivity index (χ4n) is 5.48. The van der Waals surface area contributed by atoms with E-state index < -0.39 is 18.2 Å². The average Bonchev–Trinajstić information content (AvgIpc) is 3.04. The molecule has 0 bridgehead atoms. The first-order valence-corrected chi connectivity index (χ1v) is 17.5. The maximum absolute atomic E-state index is 8.60. The summed E-state index contributed by atoms with van der Waals surface area (Å²) in [7, 11) is -1.42. The Bertz CT molecular complexity index is 1730. The van der Waals surface area contributed by atoms with Crippen molar-refractivity contribution in [2.24, 2.45) is 0 Å². The van der Waals surface area contributed by atoms with Gasteiger partial charge in [-0.25, -0.2) is 0 Å². The number of hydrogen-bond donors (Lipinski definition) is 1. The smallest absolute Gasteiger partial charge is 0.305 e. The minimum Gasteiger partial charge on any atom is -0.305 e. The third kappa shape index (κ3) is 10.5. The molecule has 1 N–H and O–H groups in total. The molecule has 2 unspecified atom stereocenters. The molecule has 2 atom stereocenters. The summed E-state index contributed by atoms with van der Waals surface area (Å²) in [5, 5.41) is 8.25. The van der Waals surface area contributed by atoms with Gasteiger partial charge in [-0.15, -0.1) is 22.4 Å². The predicted octanol–water partition coefficient (Wildman–Crippen LogP) is 4.90. The summed E-state index contributed by atoms with van der Waals surface area (Å²) in [6.45, 7) is 4.61. The van der Waals surface area contributed by atoms with Crippen LogP contribution in [0.2, 0.25) is 0 Å².